The first kappa shape index (κ1) is 20.9. The lowest BCUT2D eigenvalue weighted by Gasteiger charge is -2.14. The average molecular weight is 397 g/mol. The van der Waals surface area contributed by atoms with Gasteiger partial charge in [0.2, 0.25) is 10.0 Å². The molecule has 0 heterocycles. The minimum absolute atomic E-state index is 0.0356. The topological polar surface area (TPSA) is 106 Å². The van der Waals surface area contributed by atoms with Gasteiger partial charge in [0.1, 0.15) is 11.0 Å². The average Bonchev–Trinajstić information content (AvgIpc) is 2.61. The first-order chi connectivity index (χ1) is 12.3. The van der Waals surface area contributed by atoms with Crippen LogP contribution in [0.15, 0.2) is 47.4 Å². The van der Waals surface area contributed by atoms with Crippen LogP contribution in [0.4, 0.5) is 0 Å². The molecule has 1 unspecified atom stereocenters. The van der Waals surface area contributed by atoms with E-state index < -0.39 is 16.1 Å². The summed E-state index contributed by atoms with van der Waals surface area (Å²) >= 11 is 5.88. The van der Waals surface area contributed by atoms with Crippen molar-refractivity contribution in [3.05, 3.63) is 64.2 Å². The molecule has 0 aliphatic rings. The number of primary sulfonamides is 1. The fraction of sp³-hybridized carbons (Fsp3) is 0.368. The highest BCUT2D eigenvalue weighted by molar-refractivity contribution is 7.89. The number of sulfonamides is 1. The van der Waals surface area contributed by atoms with Gasteiger partial charge < -0.3 is 10.8 Å². The molecule has 0 amide bonds. The highest BCUT2D eigenvalue weighted by Crippen LogP contribution is 2.28. The number of aryl methyl sites for hydroxylation is 1. The fourth-order valence-corrected chi connectivity index (χ4v) is 3.87. The summed E-state index contributed by atoms with van der Waals surface area (Å²) in [5.41, 5.74) is 7.79. The first-order valence-electron chi connectivity index (χ1n) is 8.62. The van der Waals surface area contributed by atoms with E-state index in [9.17, 15) is 13.5 Å². The van der Waals surface area contributed by atoms with E-state index in [0.29, 0.717) is 11.1 Å². The lowest BCUT2D eigenvalue weighted by molar-refractivity contribution is 0.220. The van der Waals surface area contributed by atoms with Crippen molar-refractivity contribution in [3.8, 4) is 0 Å². The number of unbranched alkanes of at least 4 members (excludes halogenated alkanes) is 3. The van der Waals surface area contributed by atoms with Gasteiger partial charge in [-0.15, -0.1) is 0 Å². The lowest BCUT2D eigenvalue weighted by atomic mass is 9.99. The van der Waals surface area contributed by atoms with E-state index in [1.54, 1.807) is 6.07 Å². The monoisotopic (exact) mass is 396 g/mol. The maximum absolute atomic E-state index is 11.6. The first-order valence-corrected chi connectivity index (χ1v) is 10.5. The fourth-order valence-electron chi connectivity index (χ4n) is 2.79. The van der Waals surface area contributed by atoms with Crippen molar-refractivity contribution >= 4 is 21.6 Å². The van der Waals surface area contributed by atoms with Gasteiger partial charge in [0, 0.05) is 0 Å². The Morgan fingerprint density at radius 3 is 2.19 bits per heavy atom. The smallest absolute Gasteiger partial charge is 0.239 e. The van der Waals surface area contributed by atoms with Gasteiger partial charge >= 0.3 is 0 Å². The van der Waals surface area contributed by atoms with Crippen LogP contribution < -0.4 is 10.9 Å². The predicted octanol–water partition coefficient (Wildman–Crippen LogP) is 3.13. The molecule has 5 nitrogen and oxygen atoms in total. The molecule has 5 N–H and O–H groups in total. The number of halogens is 1. The third-order valence-electron chi connectivity index (χ3n) is 4.29. The Morgan fingerprint density at radius 1 is 0.962 bits per heavy atom. The van der Waals surface area contributed by atoms with Crippen molar-refractivity contribution in [1.82, 2.24) is 0 Å². The van der Waals surface area contributed by atoms with Crippen molar-refractivity contribution in [2.45, 2.75) is 43.1 Å². The molecule has 2 aromatic rings. The van der Waals surface area contributed by atoms with Crippen molar-refractivity contribution in [2.75, 3.05) is 6.54 Å². The van der Waals surface area contributed by atoms with E-state index in [2.05, 4.69) is 0 Å². The molecule has 0 aliphatic carbocycles. The van der Waals surface area contributed by atoms with E-state index in [0.717, 1.165) is 38.6 Å². The summed E-state index contributed by atoms with van der Waals surface area (Å²) in [6, 6.07) is 12.0. The van der Waals surface area contributed by atoms with E-state index in [1.807, 2.05) is 24.3 Å². The molecule has 1 atom stereocenters. The summed E-state index contributed by atoms with van der Waals surface area (Å²) in [6.45, 7) is 0.741. The van der Waals surface area contributed by atoms with Gasteiger partial charge in [0.25, 0.3) is 0 Å². The van der Waals surface area contributed by atoms with Gasteiger partial charge in [0.05, 0.1) is 5.02 Å². The van der Waals surface area contributed by atoms with E-state index in [-0.39, 0.29) is 9.92 Å². The van der Waals surface area contributed by atoms with Gasteiger partial charge in [-0.25, -0.2) is 13.6 Å². The molecule has 0 bridgehead atoms. The molecule has 0 saturated carbocycles. The van der Waals surface area contributed by atoms with E-state index in [1.165, 1.54) is 17.7 Å². The van der Waals surface area contributed by atoms with Crippen LogP contribution >= 0.6 is 11.6 Å². The van der Waals surface area contributed by atoms with Crippen LogP contribution in [0.5, 0.6) is 0 Å². The maximum Gasteiger partial charge on any atom is 0.239 e. The third-order valence-corrected chi connectivity index (χ3v) is 5.69. The van der Waals surface area contributed by atoms with Crippen LogP contribution in [0.2, 0.25) is 5.02 Å². The number of rotatable bonds is 9. The van der Waals surface area contributed by atoms with E-state index in [4.69, 9.17) is 22.5 Å². The van der Waals surface area contributed by atoms with Crippen LogP contribution in [-0.4, -0.2) is 20.1 Å². The van der Waals surface area contributed by atoms with Crippen molar-refractivity contribution < 1.29 is 13.5 Å². The summed E-state index contributed by atoms with van der Waals surface area (Å²) in [5, 5.41) is 15.7. The number of nitrogens with two attached hydrogens (primary N) is 2. The highest BCUT2D eigenvalue weighted by Gasteiger charge is 2.17. The Morgan fingerprint density at radius 2 is 1.58 bits per heavy atom. The van der Waals surface area contributed by atoms with Gasteiger partial charge in [0.15, 0.2) is 0 Å². The summed E-state index contributed by atoms with van der Waals surface area (Å²) in [5.74, 6) is 0. The Hall–Kier alpha value is -1.44. The zero-order valence-corrected chi connectivity index (χ0v) is 16.1. The highest BCUT2D eigenvalue weighted by atomic mass is 35.5. The molecule has 142 valence electrons. The SMILES string of the molecule is NCCCCCCc1ccc(C(O)c2ccc(Cl)c(S(N)(=O)=O)c2)cc1. The molecule has 0 aliphatic heterocycles. The summed E-state index contributed by atoms with van der Waals surface area (Å²) < 4.78 is 23.2. The van der Waals surface area contributed by atoms with Gasteiger partial charge in [-0.1, -0.05) is 54.8 Å². The Labute approximate surface area is 160 Å². The van der Waals surface area contributed by atoms with Crippen molar-refractivity contribution in [2.24, 2.45) is 10.9 Å². The molecule has 0 saturated heterocycles. The normalized spacial score (nSPS) is 12.9. The van der Waals surface area contributed by atoms with Gasteiger partial charge in [-0.3, -0.25) is 0 Å². The molecular formula is C19H25ClN2O3S. The quantitative estimate of drug-likeness (QED) is 0.566. The summed E-state index contributed by atoms with van der Waals surface area (Å²) in [7, 11) is -3.95. The van der Waals surface area contributed by atoms with Crippen LogP contribution in [0.1, 0.15) is 48.5 Å². The van der Waals surface area contributed by atoms with Crippen LogP contribution in [0.25, 0.3) is 0 Å². The number of hydrogen-bond acceptors (Lipinski definition) is 4. The standard InChI is InChI=1S/C19H25ClN2O3S/c20-17-11-10-16(13-18(17)26(22,24)25)19(23)15-8-6-14(7-9-15)5-3-1-2-4-12-21/h6-11,13,19,23H,1-5,12,21H2,(H2,22,24,25). The Balaban J connectivity index is 2.07. The number of aliphatic hydroxyl groups excluding tert-OH is 1. The predicted molar refractivity (Wildman–Crippen MR) is 105 cm³/mol. The molecule has 26 heavy (non-hydrogen) atoms. The summed E-state index contributed by atoms with van der Waals surface area (Å²) in [4.78, 5) is -0.190. The number of aliphatic hydroxyl groups is 1. The Bertz CT molecular complexity index is 823. The number of benzene rings is 2. The molecule has 7 heteroatoms. The van der Waals surface area contributed by atoms with Crippen LogP contribution in [0, 0.1) is 0 Å². The molecular weight excluding hydrogens is 372 g/mol. The molecule has 0 spiro atoms. The number of hydrogen-bond donors (Lipinski definition) is 3. The molecule has 0 fully saturated rings. The second-order valence-electron chi connectivity index (χ2n) is 6.33. The second kappa shape index (κ2) is 9.48. The van der Waals surface area contributed by atoms with Crippen LogP contribution in [0.3, 0.4) is 0 Å². The van der Waals surface area contributed by atoms with Gasteiger partial charge in [-0.2, -0.15) is 0 Å². The third kappa shape index (κ3) is 5.79. The lowest BCUT2D eigenvalue weighted by Crippen LogP contribution is -2.13. The minimum Gasteiger partial charge on any atom is -0.384 e. The minimum atomic E-state index is -3.95. The second-order valence-corrected chi connectivity index (χ2v) is 8.27. The van der Waals surface area contributed by atoms with E-state index >= 15 is 0 Å². The molecule has 0 radical (unpaired) electrons. The zero-order valence-electron chi connectivity index (χ0n) is 14.6. The van der Waals surface area contributed by atoms with Crippen molar-refractivity contribution in [1.29, 1.82) is 0 Å². The van der Waals surface area contributed by atoms with Crippen molar-refractivity contribution in [3.63, 3.8) is 0 Å². The largest absolute Gasteiger partial charge is 0.384 e. The Kier molecular flexibility index (Phi) is 7.61. The maximum atomic E-state index is 11.6. The molecule has 2 rings (SSSR count). The molecule has 2 aromatic carbocycles. The van der Waals surface area contributed by atoms with Crippen LogP contribution in [-0.2, 0) is 16.4 Å². The summed E-state index contributed by atoms with van der Waals surface area (Å²) in [6.07, 6.45) is 4.51. The molecule has 0 aromatic heterocycles. The van der Waals surface area contributed by atoms with Gasteiger partial charge in [-0.05, 0) is 54.6 Å². The zero-order chi connectivity index (χ0) is 19.2.